The Kier molecular flexibility index (Phi) is 3.39. The molecule has 0 aromatic heterocycles. The summed E-state index contributed by atoms with van der Waals surface area (Å²) in [6, 6.07) is 4.12. The highest BCUT2D eigenvalue weighted by Crippen LogP contribution is 2.44. The van der Waals surface area contributed by atoms with Crippen molar-refractivity contribution in [1.29, 1.82) is 0 Å². The predicted molar refractivity (Wildman–Crippen MR) is 75.0 cm³/mol. The Morgan fingerprint density at radius 1 is 1.16 bits per heavy atom. The van der Waals surface area contributed by atoms with Gasteiger partial charge < -0.3 is 10.6 Å². The summed E-state index contributed by atoms with van der Waals surface area (Å²) in [5.74, 6) is -0.159. The van der Waals surface area contributed by atoms with Crippen LogP contribution in [0.3, 0.4) is 0 Å². The first kappa shape index (κ1) is 12.8. The monoisotopic (exact) mass is 282 g/mol. The predicted octanol–water partition coefficient (Wildman–Crippen LogP) is 3.44. The fraction of sp³-hybridized carbons (Fsp3) is 0.500. The number of nitrogens with one attached hydrogen (secondary N) is 2. The van der Waals surface area contributed by atoms with Crippen LogP contribution in [-0.2, 0) is 0 Å². The second-order valence-electron chi connectivity index (χ2n) is 5.51. The zero-order chi connectivity index (χ0) is 13.4. The van der Waals surface area contributed by atoms with Gasteiger partial charge in [0.25, 0.3) is 0 Å². The number of fused-ring (bicyclic) bond motifs is 2. The van der Waals surface area contributed by atoms with Crippen LogP contribution >= 0.6 is 12.2 Å². The van der Waals surface area contributed by atoms with Crippen molar-refractivity contribution in [1.82, 2.24) is 5.32 Å². The molecule has 2 N–H and O–H groups in total. The topological polar surface area (TPSA) is 24.1 Å². The fourth-order valence-electron chi connectivity index (χ4n) is 3.33. The normalized spacial score (nSPS) is 28.4. The van der Waals surface area contributed by atoms with Crippen molar-refractivity contribution in [3.8, 4) is 0 Å². The SMILES string of the molecule is Fc1ccc(NC(=S)N[C@@H]2C[C@@H]3CC[C@@H]2C3)cc1F. The fourth-order valence-corrected chi connectivity index (χ4v) is 3.60. The summed E-state index contributed by atoms with van der Waals surface area (Å²) < 4.78 is 25.9. The van der Waals surface area contributed by atoms with Gasteiger partial charge in [0, 0.05) is 17.8 Å². The summed E-state index contributed by atoms with van der Waals surface area (Å²) in [6.45, 7) is 0. The molecule has 2 fully saturated rings. The largest absolute Gasteiger partial charge is 0.359 e. The lowest BCUT2D eigenvalue weighted by Crippen LogP contribution is -2.40. The molecule has 2 bridgehead atoms. The van der Waals surface area contributed by atoms with E-state index in [1.54, 1.807) is 0 Å². The molecule has 2 aliphatic carbocycles. The summed E-state index contributed by atoms with van der Waals surface area (Å²) in [5, 5.41) is 6.70. The van der Waals surface area contributed by atoms with Gasteiger partial charge in [-0.1, -0.05) is 6.42 Å². The molecule has 1 aromatic carbocycles. The molecule has 0 amide bonds. The lowest BCUT2D eigenvalue weighted by Gasteiger charge is -2.24. The maximum atomic E-state index is 13.1. The quantitative estimate of drug-likeness (QED) is 0.813. The van der Waals surface area contributed by atoms with Crippen LogP contribution < -0.4 is 10.6 Å². The van der Waals surface area contributed by atoms with Crippen LogP contribution in [0, 0.1) is 23.5 Å². The first-order valence-electron chi connectivity index (χ1n) is 6.64. The van der Waals surface area contributed by atoms with Gasteiger partial charge in [0.05, 0.1) is 0 Å². The van der Waals surface area contributed by atoms with E-state index in [0.29, 0.717) is 16.8 Å². The molecule has 1 aromatic rings. The molecule has 19 heavy (non-hydrogen) atoms. The van der Waals surface area contributed by atoms with E-state index >= 15 is 0 Å². The highest BCUT2D eigenvalue weighted by molar-refractivity contribution is 7.80. The van der Waals surface area contributed by atoms with E-state index < -0.39 is 11.6 Å². The summed E-state index contributed by atoms with van der Waals surface area (Å²) in [6.07, 6.45) is 5.08. The van der Waals surface area contributed by atoms with E-state index in [4.69, 9.17) is 12.2 Å². The number of benzene rings is 1. The Bertz CT molecular complexity index is 506. The van der Waals surface area contributed by atoms with Crippen LogP contribution in [0.5, 0.6) is 0 Å². The van der Waals surface area contributed by atoms with Crippen molar-refractivity contribution in [2.75, 3.05) is 5.32 Å². The third kappa shape index (κ3) is 2.71. The van der Waals surface area contributed by atoms with Crippen LogP contribution in [0.4, 0.5) is 14.5 Å². The Labute approximate surface area is 116 Å². The van der Waals surface area contributed by atoms with Crippen LogP contribution in [-0.4, -0.2) is 11.2 Å². The molecule has 0 saturated heterocycles. The minimum absolute atomic E-state index is 0.434. The molecule has 0 aliphatic heterocycles. The third-order valence-corrected chi connectivity index (χ3v) is 4.45. The van der Waals surface area contributed by atoms with Gasteiger partial charge in [0.2, 0.25) is 0 Å². The molecule has 102 valence electrons. The minimum atomic E-state index is -0.868. The van der Waals surface area contributed by atoms with Gasteiger partial charge in [-0.25, -0.2) is 8.78 Å². The molecular weight excluding hydrogens is 266 g/mol. The zero-order valence-corrected chi connectivity index (χ0v) is 11.3. The second kappa shape index (κ2) is 5.04. The summed E-state index contributed by atoms with van der Waals surface area (Å²) in [4.78, 5) is 0. The van der Waals surface area contributed by atoms with E-state index in [1.165, 1.54) is 31.7 Å². The van der Waals surface area contributed by atoms with E-state index in [0.717, 1.165) is 24.0 Å². The first-order valence-corrected chi connectivity index (χ1v) is 7.05. The van der Waals surface area contributed by atoms with Gasteiger partial charge in [-0.15, -0.1) is 0 Å². The summed E-state index contributed by atoms with van der Waals surface area (Å²) in [5.41, 5.74) is 0.472. The number of rotatable bonds is 2. The molecule has 0 radical (unpaired) electrons. The van der Waals surface area contributed by atoms with Gasteiger partial charge in [0.15, 0.2) is 16.7 Å². The molecule has 5 heteroatoms. The highest BCUT2D eigenvalue weighted by atomic mass is 32.1. The molecule has 0 heterocycles. The van der Waals surface area contributed by atoms with Crippen LogP contribution in [0.15, 0.2) is 18.2 Å². The lowest BCUT2D eigenvalue weighted by molar-refractivity contribution is 0.392. The molecule has 2 aliphatic rings. The first-order chi connectivity index (χ1) is 9.11. The van der Waals surface area contributed by atoms with Crippen molar-refractivity contribution >= 4 is 23.0 Å². The van der Waals surface area contributed by atoms with Crippen LogP contribution in [0.1, 0.15) is 25.7 Å². The van der Waals surface area contributed by atoms with Gasteiger partial charge in [-0.05, 0) is 55.4 Å². The van der Waals surface area contributed by atoms with Crippen LogP contribution in [0.2, 0.25) is 0 Å². The Morgan fingerprint density at radius 2 is 2.00 bits per heavy atom. The Hall–Kier alpha value is -1.23. The Morgan fingerprint density at radius 3 is 2.63 bits per heavy atom. The van der Waals surface area contributed by atoms with E-state index in [2.05, 4.69) is 10.6 Å². The van der Waals surface area contributed by atoms with Crippen molar-refractivity contribution in [2.24, 2.45) is 11.8 Å². The second-order valence-corrected chi connectivity index (χ2v) is 5.92. The van der Waals surface area contributed by atoms with E-state index in [-0.39, 0.29) is 0 Å². The molecule has 3 atom stereocenters. The highest BCUT2D eigenvalue weighted by Gasteiger charge is 2.39. The number of hydrogen-bond donors (Lipinski definition) is 2. The molecule has 0 spiro atoms. The molecule has 2 nitrogen and oxygen atoms in total. The molecule has 2 saturated carbocycles. The van der Waals surface area contributed by atoms with Gasteiger partial charge in [-0.3, -0.25) is 0 Å². The van der Waals surface area contributed by atoms with Gasteiger partial charge in [-0.2, -0.15) is 0 Å². The molecule has 3 rings (SSSR count). The number of anilines is 1. The number of thiocarbonyl (C=S) groups is 1. The maximum absolute atomic E-state index is 13.1. The van der Waals surface area contributed by atoms with Crippen molar-refractivity contribution in [2.45, 2.75) is 31.7 Å². The van der Waals surface area contributed by atoms with E-state index in [1.807, 2.05) is 0 Å². The van der Waals surface area contributed by atoms with Gasteiger partial charge in [0.1, 0.15) is 0 Å². The Balaban J connectivity index is 1.57. The maximum Gasteiger partial charge on any atom is 0.171 e. The average Bonchev–Trinajstić information content (AvgIpc) is 2.96. The van der Waals surface area contributed by atoms with Crippen molar-refractivity contribution < 1.29 is 8.78 Å². The molecule has 0 unspecified atom stereocenters. The van der Waals surface area contributed by atoms with Crippen molar-refractivity contribution in [3.63, 3.8) is 0 Å². The van der Waals surface area contributed by atoms with Crippen molar-refractivity contribution in [3.05, 3.63) is 29.8 Å². The summed E-state index contributed by atoms with van der Waals surface area (Å²) >= 11 is 5.23. The smallest absolute Gasteiger partial charge is 0.171 e. The number of halogens is 2. The van der Waals surface area contributed by atoms with Gasteiger partial charge >= 0.3 is 0 Å². The standard InChI is InChI=1S/C14H16F2N2S/c15-11-4-3-10(7-12(11)16)17-14(19)18-13-6-8-1-2-9(13)5-8/h3-4,7-9,13H,1-2,5-6H2,(H2,17,18,19)/t8-,9-,13-/m1/s1. The minimum Gasteiger partial charge on any atom is -0.359 e. The van der Waals surface area contributed by atoms with E-state index in [9.17, 15) is 8.78 Å². The zero-order valence-electron chi connectivity index (χ0n) is 10.5. The third-order valence-electron chi connectivity index (χ3n) is 4.23. The summed E-state index contributed by atoms with van der Waals surface area (Å²) in [7, 11) is 0. The lowest BCUT2D eigenvalue weighted by atomic mass is 9.96. The average molecular weight is 282 g/mol. The number of hydrogen-bond acceptors (Lipinski definition) is 1. The molecular formula is C14H16F2N2S. The van der Waals surface area contributed by atoms with Crippen LogP contribution in [0.25, 0.3) is 0 Å².